The maximum absolute atomic E-state index is 9.00. The van der Waals surface area contributed by atoms with Crippen molar-refractivity contribution in [3.63, 3.8) is 0 Å². The van der Waals surface area contributed by atoms with Gasteiger partial charge in [0.2, 0.25) is 5.88 Å². The minimum absolute atomic E-state index is 0.0123. The molecule has 130 valence electrons. The van der Waals surface area contributed by atoms with Gasteiger partial charge in [-0.25, -0.2) is 4.98 Å². The van der Waals surface area contributed by atoms with Gasteiger partial charge in [-0.15, -0.1) is 0 Å². The molecule has 0 spiro atoms. The number of hydrogen-bond acceptors (Lipinski definition) is 5. The van der Waals surface area contributed by atoms with E-state index in [0.29, 0.717) is 11.6 Å². The molecule has 0 saturated heterocycles. The fourth-order valence-corrected chi connectivity index (χ4v) is 2.05. The summed E-state index contributed by atoms with van der Waals surface area (Å²) in [5.41, 5.74) is 2.66. The Hall–Kier alpha value is -2.89. The first kappa shape index (κ1) is 18.4. The third-order valence-corrected chi connectivity index (χ3v) is 3.29. The Morgan fingerprint density at radius 1 is 0.880 bits per heavy atom. The van der Waals surface area contributed by atoms with E-state index in [4.69, 9.17) is 20.1 Å². The number of nitrogens with zero attached hydrogens (tertiary/aromatic N) is 1. The number of rotatable bonds is 4. The van der Waals surface area contributed by atoms with Crippen molar-refractivity contribution in [1.29, 1.82) is 0 Å². The molecule has 3 rings (SSSR count). The second kappa shape index (κ2) is 9.42. The fraction of sp³-hybridized carbons (Fsp3) is 0.150. The number of benzene rings is 2. The molecule has 0 aliphatic rings. The minimum atomic E-state index is -0.0194. The van der Waals surface area contributed by atoms with Crippen LogP contribution in [0.5, 0.6) is 17.4 Å². The summed E-state index contributed by atoms with van der Waals surface area (Å²) >= 11 is 0. The molecule has 3 aromatic rings. The zero-order valence-corrected chi connectivity index (χ0v) is 14.0. The summed E-state index contributed by atoms with van der Waals surface area (Å²) in [4.78, 5) is 4.11. The Kier molecular flexibility index (Phi) is 6.95. The first-order valence-corrected chi connectivity index (χ1v) is 7.80. The van der Waals surface area contributed by atoms with Crippen molar-refractivity contribution in [2.75, 3.05) is 0 Å². The topological polar surface area (TPSA) is 82.8 Å². The molecule has 1 aromatic heterocycles. The Labute approximate surface area is 146 Å². The van der Waals surface area contributed by atoms with E-state index in [9.17, 15) is 0 Å². The third kappa shape index (κ3) is 6.25. The number of aliphatic hydroxyl groups is 2. The summed E-state index contributed by atoms with van der Waals surface area (Å²) in [6.45, 7) is 1.98. The van der Waals surface area contributed by atoms with Crippen LogP contribution in [0.15, 0.2) is 66.9 Å². The van der Waals surface area contributed by atoms with Crippen molar-refractivity contribution < 1.29 is 20.1 Å². The molecule has 0 aliphatic heterocycles. The van der Waals surface area contributed by atoms with Crippen LogP contribution >= 0.6 is 0 Å². The third-order valence-electron chi connectivity index (χ3n) is 3.29. The minimum Gasteiger partial charge on any atom is -0.508 e. The van der Waals surface area contributed by atoms with E-state index in [1.165, 1.54) is 6.07 Å². The molecule has 0 amide bonds. The van der Waals surface area contributed by atoms with Gasteiger partial charge in [0, 0.05) is 12.3 Å². The number of hydrogen-bond donors (Lipinski definition) is 3. The molecule has 0 unspecified atom stereocenters. The van der Waals surface area contributed by atoms with Crippen molar-refractivity contribution in [1.82, 2.24) is 4.98 Å². The van der Waals surface area contributed by atoms with Crippen LogP contribution in [-0.2, 0) is 13.2 Å². The van der Waals surface area contributed by atoms with Crippen molar-refractivity contribution >= 4 is 0 Å². The number of phenols is 1. The summed E-state index contributed by atoms with van der Waals surface area (Å²) in [6.07, 6.45) is 1.71. The molecule has 0 bridgehead atoms. The quantitative estimate of drug-likeness (QED) is 0.677. The largest absolute Gasteiger partial charge is 0.508 e. The lowest BCUT2D eigenvalue weighted by Crippen LogP contribution is -1.89. The van der Waals surface area contributed by atoms with Gasteiger partial charge in [0.25, 0.3) is 0 Å². The van der Waals surface area contributed by atoms with E-state index in [1.54, 1.807) is 30.5 Å². The molecule has 0 aliphatic carbocycles. The highest BCUT2D eigenvalue weighted by molar-refractivity contribution is 5.32. The molecular weight excluding hydrogens is 318 g/mol. The van der Waals surface area contributed by atoms with Gasteiger partial charge < -0.3 is 20.1 Å². The first-order chi connectivity index (χ1) is 12.1. The van der Waals surface area contributed by atoms with E-state index >= 15 is 0 Å². The van der Waals surface area contributed by atoms with E-state index < -0.39 is 0 Å². The van der Waals surface area contributed by atoms with E-state index in [-0.39, 0.29) is 19.0 Å². The number of aryl methyl sites for hydroxylation is 1. The highest BCUT2D eigenvalue weighted by Gasteiger charge is 1.99. The van der Waals surface area contributed by atoms with Gasteiger partial charge in [0.15, 0.2) is 0 Å². The number of aromatic hydroxyl groups is 1. The summed E-state index contributed by atoms with van der Waals surface area (Å²) < 4.78 is 5.58. The molecule has 3 N–H and O–H groups in total. The summed E-state index contributed by atoms with van der Waals surface area (Å²) in [5, 5.41) is 26.4. The lowest BCUT2D eigenvalue weighted by Gasteiger charge is -2.06. The normalized spacial score (nSPS) is 9.88. The molecule has 5 nitrogen and oxygen atoms in total. The van der Waals surface area contributed by atoms with Gasteiger partial charge in [-0.2, -0.15) is 0 Å². The predicted octanol–water partition coefficient (Wildman–Crippen LogP) is 3.56. The van der Waals surface area contributed by atoms with Gasteiger partial charge in [-0.3, -0.25) is 0 Å². The molecule has 0 radical (unpaired) electrons. The van der Waals surface area contributed by atoms with Crippen LogP contribution in [0.25, 0.3) is 0 Å². The summed E-state index contributed by atoms with van der Waals surface area (Å²) in [6, 6.07) is 17.6. The van der Waals surface area contributed by atoms with E-state index in [0.717, 1.165) is 16.7 Å². The number of aliphatic hydroxyl groups excluding tert-OH is 2. The standard InChI is InChI=1S/C13H13NO2.C7H8O2/c1-10-5-6-14-13(7-10)16-12-4-2-3-11(8-12)9-15;8-5-6-2-1-3-7(9)4-6/h2-8,15H,9H2,1H3;1-4,8-9H,5H2. The Bertz CT molecular complexity index is 805. The molecule has 25 heavy (non-hydrogen) atoms. The van der Waals surface area contributed by atoms with Crippen LogP contribution in [0.4, 0.5) is 0 Å². The molecular formula is C20H21NO4. The average molecular weight is 339 g/mol. The van der Waals surface area contributed by atoms with Gasteiger partial charge in [-0.05, 0) is 53.9 Å². The van der Waals surface area contributed by atoms with Crippen molar-refractivity contribution in [3.05, 3.63) is 83.6 Å². The van der Waals surface area contributed by atoms with E-state index in [1.807, 2.05) is 37.3 Å². The molecule has 0 atom stereocenters. The number of ether oxygens (including phenoxy) is 1. The second-order valence-corrected chi connectivity index (χ2v) is 5.41. The fourth-order valence-electron chi connectivity index (χ4n) is 2.05. The van der Waals surface area contributed by atoms with Crippen LogP contribution in [0.2, 0.25) is 0 Å². The average Bonchev–Trinajstić information content (AvgIpc) is 2.62. The van der Waals surface area contributed by atoms with Crippen LogP contribution in [0, 0.1) is 6.92 Å². The Morgan fingerprint density at radius 2 is 1.56 bits per heavy atom. The zero-order chi connectivity index (χ0) is 18.1. The van der Waals surface area contributed by atoms with Crippen LogP contribution in [0.1, 0.15) is 16.7 Å². The predicted molar refractivity (Wildman–Crippen MR) is 95.4 cm³/mol. The Morgan fingerprint density at radius 3 is 2.16 bits per heavy atom. The van der Waals surface area contributed by atoms with Crippen molar-refractivity contribution in [2.24, 2.45) is 0 Å². The molecule has 1 heterocycles. The smallest absolute Gasteiger partial charge is 0.219 e. The monoisotopic (exact) mass is 339 g/mol. The van der Waals surface area contributed by atoms with Crippen molar-refractivity contribution in [2.45, 2.75) is 20.1 Å². The highest BCUT2D eigenvalue weighted by atomic mass is 16.5. The lowest BCUT2D eigenvalue weighted by molar-refractivity contribution is 0.281. The highest BCUT2D eigenvalue weighted by Crippen LogP contribution is 2.20. The number of pyridine rings is 1. The molecule has 2 aromatic carbocycles. The lowest BCUT2D eigenvalue weighted by atomic mass is 10.2. The zero-order valence-electron chi connectivity index (χ0n) is 14.0. The Balaban J connectivity index is 0.000000212. The van der Waals surface area contributed by atoms with Gasteiger partial charge >= 0.3 is 0 Å². The first-order valence-electron chi connectivity index (χ1n) is 7.80. The number of aromatic nitrogens is 1. The summed E-state index contributed by atoms with van der Waals surface area (Å²) in [5.74, 6) is 1.45. The molecule has 0 fully saturated rings. The molecule has 0 saturated carbocycles. The van der Waals surface area contributed by atoms with Gasteiger partial charge in [-0.1, -0.05) is 24.3 Å². The van der Waals surface area contributed by atoms with Gasteiger partial charge in [0.05, 0.1) is 13.2 Å². The number of phenolic OH excluding ortho intramolecular Hbond substituents is 1. The summed E-state index contributed by atoms with van der Waals surface area (Å²) in [7, 11) is 0. The van der Waals surface area contributed by atoms with Crippen molar-refractivity contribution in [3.8, 4) is 17.4 Å². The van der Waals surface area contributed by atoms with Crippen LogP contribution in [0.3, 0.4) is 0 Å². The maximum Gasteiger partial charge on any atom is 0.219 e. The molecule has 5 heteroatoms. The second-order valence-electron chi connectivity index (χ2n) is 5.41. The van der Waals surface area contributed by atoms with Gasteiger partial charge in [0.1, 0.15) is 11.5 Å². The van der Waals surface area contributed by atoms with Crippen LogP contribution in [-0.4, -0.2) is 20.3 Å². The van der Waals surface area contributed by atoms with E-state index in [2.05, 4.69) is 4.98 Å². The van der Waals surface area contributed by atoms with Crippen LogP contribution < -0.4 is 4.74 Å². The maximum atomic E-state index is 9.00. The SMILES string of the molecule is Cc1ccnc(Oc2cccc(CO)c2)c1.OCc1cccc(O)c1.